The number of hydrogen-bond acceptors (Lipinski definition) is 6. The summed E-state index contributed by atoms with van der Waals surface area (Å²) in [4.78, 5) is 50.8. The zero-order valence-electron chi connectivity index (χ0n) is 18.2. The van der Waals surface area contributed by atoms with Crippen molar-refractivity contribution < 1.29 is 28.7 Å². The second-order valence-corrected chi connectivity index (χ2v) is 8.95. The van der Waals surface area contributed by atoms with Crippen molar-refractivity contribution in [3.05, 3.63) is 35.4 Å². The van der Waals surface area contributed by atoms with Gasteiger partial charge in [-0.3, -0.25) is 14.5 Å². The summed E-state index contributed by atoms with van der Waals surface area (Å²) < 4.78 is 10.4. The maximum absolute atomic E-state index is 12.8. The molecule has 0 fully saturated rings. The molecule has 0 aliphatic carbocycles. The number of nitrogens with one attached hydrogen (secondary N) is 2. The number of benzene rings is 1. The number of nitrogens with zero attached hydrogens (tertiary/aromatic N) is 1. The number of carbonyl (C=O) groups excluding carboxylic acids is 4. The average molecular weight is 419 g/mol. The molecule has 1 aliphatic rings. The van der Waals surface area contributed by atoms with Crippen LogP contribution in [-0.2, 0) is 9.47 Å². The van der Waals surface area contributed by atoms with Gasteiger partial charge in [0.1, 0.15) is 11.2 Å². The van der Waals surface area contributed by atoms with Gasteiger partial charge in [-0.2, -0.15) is 0 Å². The van der Waals surface area contributed by atoms with Gasteiger partial charge in [0.15, 0.2) is 0 Å². The number of ether oxygens (including phenoxy) is 2. The first-order chi connectivity index (χ1) is 13.8. The van der Waals surface area contributed by atoms with Crippen molar-refractivity contribution in [3.63, 3.8) is 0 Å². The highest BCUT2D eigenvalue weighted by atomic mass is 16.6. The Morgan fingerprint density at radius 1 is 0.833 bits per heavy atom. The maximum Gasteiger partial charge on any atom is 0.407 e. The number of imide groups is 1. The van der Waals surface area contributed by atoms with Crippen molar-refractivity contribution in [1.29, 1.82) is 0 Å². The van der Waals surface area contributed by atoms with Gasteiger partial charge in [0.2, 0.25) is 0 Å². The first-order valence-corrected chi connectivity index (χ1v) is 9.69. The van der Waals surface area contributed by atoms with E-state index in [0.29, 0.717) is 0 Å². The Bertz CT molecular complexity index is 771. The second kappa shape index (κ2) is 8.73. The highest BCUT2D eigenvalue weighted by molar-refractivity contribution is 6.21. The van der Waals surface area contributed by atoms with E-state index in [-0.39, 0.29) is 24.2 Å². The van der Waals surface area contributed by atoms with E-state index in [0.717, 1.165) is 4.90 Å². The van der Waals surface area contributed by atoms with Gasteiger partial charge >= 0.3 is 12.2 Å². The smallest absolute Gasteiger partial charge is 0.407 e. The molecule has 0 unspecified atom stereocenters. The van der Waals surface area contributed by atoms with Crippen LogP contribution in [0.4, 0.5) is 9.59 Å². The molecule has 30 heavy (non-hydrogen) atoms. The van der Waals surface area contributed by atoms with Gasteiger partial charge in [-0.05, 0) is 53.7 Å². The molecule has 0 spiro atoms. The summed E-state index contributed by atoms with van der Waals surface area (Å²) in [7, 11) is 0. The minimum atomic E-state index is -0.836. The van der Waals surface area contributed by atoms with E-state index >= 15 is 0 Å². The predicted octanol–water partition coefficient (Wildman–Crippen LogP) is 2.70. The van der Waals surface area contributed by atoms with E-state index in [2.05, 4.69) is 10.6 Å². The molecule has 9 nitrogen and oxygen atoms in total. The van der Waals surface area contributed by atoms with E-state index < -0.39 is 41.2 Å². The molecule has 1 aliphatic heterocycles. The van der Waals surface area contributed by atoms with Crippen molar-refractivity contribution in [2.75, 3.05) is 13.1 Å². The Labute approximate surface area is 176 Å². The third-order valence-electron chi connectivity index (χ3n) is 3.95. The van der Waals surface area contributed by atoms with Crippen LogP contribution in [-0.4, -0.2) is 59.2 Å². The molecule has 0 saturated heterocycles. The van der Waals surface area contributed by atoms with Crippen LogP contribution in [0.25, 0.3) is 0 Å². The number of carbonyl (C=O) groups is 4. The first-order valence-electron chi connectivity index (χ1n) is 9.69. The quantitative estimate of drug-likeness (QED) is 0.710. The molecule has 1 aromatic rings. The lowest BCUT2D eigenvalue weighted by atomic mass is 10.1. The minimum absolute atomic E-state index is 0.101. The van der Waals surface area contributed by atoms with Crippen LogP contribution >= 0.6 is 0 Å². The van der Waals surface area contributed by atoms with Gasteiger partial charge in [0.25, 0.3) is 11.8 Å². The van der Waals surface area contributed by atoms with Crippen LogP contribution in [0.1, 0.15) is 62.3 Å². The fourth-order valence-corrected chi connectivity index (χ4v) is 2.82. The third-order valence-corrected chi connectivity index (χ3v) is 3.95. The summed E-state index contributed by atoms with van der Waals surface area (Å²) in [6.07, 6.45) is -1.39. The van der Waals surface area contributed by atoms with Crippen molar-refractivity contribution in [2.45, 2.75) is 58.8 Å². The van der Waals surface area contributed by atoms with Crippen LogP contribution < -0.4 is 10.6 Å². The van der Waals surface area contributed by atoms with E-state index in [1.165, 1.54) is 0 Å². The van der Waals surface area contributed by atoms with Crippen molar-refractivity contribution in [2.24, 2.45) is 0 Å². The van der Waals surface area contributed by atoms with Crippen LogP contribution in [0.5, 0.6) is 0 Å². The Hall–Kier alpha value is -3.10. The lowest BCUT2D eigenvalue weighted by molar-refractivity contribution is 0.0435. The molecule has 164 valence electrons. The largest absolute Gasteiger partial charge is 0.444 e. The highest BCUT2D eigenvalue weighted by Crippen LogP contribution is 2.24. The summed E-state index contributed by atoms with van der Waals surface area (Å²) in [6.45, 7) is 10.1. The number of alkyl carbamates (subject to hydrolysis) is 2. The molecule has 4 amide bonds. The van der Waals surface area contributed by atoms with Gasteiger partial charge in [-0.1, -0.05) is 12.1 Å². The molecule has 2 N–H and O–H groups in total. The van der Waals surface area contributed by atoms with Gasteiger partial charge < -0.3 is 20.1 Å². The van der Waals surface area contributed by atoms with Gasteiger partial charge in [-0.25, -0.2) is 9.59 Å². The van der Waals surface area contributed by atoms with Crippen LogP contribution in [0.3, 0.4) is 0 Å². The lowest BCUT2D eigenvalue weighted by Crippen LogP contribution is -2.53. The third kappa shape index (κ3) is 6.20. The SMILES string of the molecule is CC(C)(C)OC(=O)NCC(CNC(=O)OC(C)(C)C)N1C(=O)c2ccccc2C1=O. The molecule has 0 atom stereocenters. The molecule has 1 heterocycles. The summed E-state index contributed by atoms with van der Waals surface area (Å²) in [5, 5.41) is 5.11. The van der Waals surface area contributed by atoms with Gasteiger partial charge in [0.05, 0.1) is 17.2 Å². The summed E-state index contributed by atoms with van der Waals surface area (Å²) in [6, 6.07) is 5.63. The Morgan fingerprint density at radius 3 is 1.53 bits per heavy atom. The fraction of sp³-hybridized carbons (Fsp3) is 0.524. The molecular formula is C21H29N3O6. The monoisotopic (exact) mass is 419 g/mol. The fourth-order valence-electron chi connectivity index (χ4n) is 2.82. The maximum atomic E-state index is 12.8. The number of hydrogen-bond donors (Lipinski definition) is 2. The van der Waals surface area contributed by atoms with E-state index in [4.69, 9.17) is 9.47 Å². The summed E-state index contributed by atoms with van der Waals surface area (Å²) >= 11 is 0. The molecule has 1 aromatic carbocycles. The van der Waals surface area contributed by atoms with Crippen molar-refractivity contribution >= 4 is 24.0 Å². The molecule has 0 radical (unpaired) electrons. The van der Waals surface area contributed by atoms with Crippen LogP contribution in [0.15, 0.2) is 24.3 Å². The summed E-state index contributed by atoms with van der Waals surface area (Å²) in [5.41, 5.74) is -0.850. The number of fused-ring (bicyclic) bond motifs is 1. The zero-order valence-corrected chi connectivity index (χ0v) is 18.2. The Kier molecular flexibility index (Phi) is 6.74. The Balaban J connectivity index is 2.15. The van der Waals surface area contributed by atoms with Crippen molar-refractivity contribution in [1.82, 2.24) is 15.5 Å². The van der Waals surface area contributed by atoms with Crippen molar-refractivity contribution in [3.8, 4) is 0 Å². The average Bonchev–Trinajstić information content (AvgIpc) is 2.84. The van der Waals surface area contributed by atoms with E-state index in [9.17, 15) is 19.2 Å². The lowest BCUT2D eigenvalue weighted by Gasteiger charge is -2.28. The molecule has 9 heteroatoms. The highest BCUT2D eigenvalue weighted by Gasteiger charge is 2.40. The standard InChI is InChI=1S/C21H29N3O6/c1-20(2,3)29-18(27)22-11-13(12-23-19(28)30-21(4,5)6)24-16(25)14-9-7-8-10-15(14)17(24)26/h7-10,13H,11-12H2,1-6H3,(H,22,27)(H,23,28). The topological polar surface area (TPSA) is 114 Å². The van der Waals surface area contributed by atoms with Gasteiger partial charge in [-0.15, -0.1) is 0 Å². The first kappa shape index (κ1) is 23.2. The van der Waals surface area contributed by atoms with Gasteiger partial charge in [0, 0.05) is 13.1 Å². The molecule has 0 bridgehead atoms. The van der Waals surface area contributed by atoms with Crippen LogP contribution in [0, 0.1) is 0 Å². The van der Waals surface area contributed by atoms with E-state index in [1.54, 1.807) is 65.8 Å². The number of rotatable bonds is 5. The number of amides is 4. The van der Waals surface area contributed by atoms with Crippen LogP contribution in [0.2, 0.25) is 0 Å². The Morgan fingerprint density at radius 2 is 1.20 bits per heavy atom. The molecule has 2 rings (SSSR count). The van der Waals surface area contributed by atoms with E-state index in [1.807, 2.05) is 0 Å². The molecule has 0 aromatic heterocycles. The minimum Gasteiger partial charge on any atom is -0.444 e. The normalized spacial score (nSPS) is 13.9. The predicted molar refractivity (Wildman–Crippen MR) is 109 cm³/mol. The zero-order chi connectivity index (χ0) is 22.7. The molecule has 0 saturated carbocycles. The summed E-state index contributed by atoms with van der Waals surface area (Å²) in [5.74, 6) is -0.977. The molecular weight excluding hydrogens is 390 g/mol. The second-order valence-electron chi connectivity index (χ2n) is 8.95.